The first kappa shape index (κ1) is 22.0. The Balaban J connectivity index is 2.07. The maximum absolute atomic E-state index is 13.9. The molecule has 1 unspecified atom stereocenters. The van der Waals surface area contributed by atoms with E-state index in [2.05, 4.69) is 5.09 Å². The third-order valence-corrected chi connectivity index (χ3v) is 7.33. The van der Waals surface area contributed by atoms with Crippen LogP contribution in [0.4, 0.5) is 5.69 Å². The van der Waals surface area contributed by atoms with Crippen LogP contribution in [-0.2, 0) is 4.57 Å². The molecule has 0 heterocycles. The highest BCUT2D eigenvalue weighted by Gasteiger charge is 2.21. The summed E-state index contributed by atoms with van der Waals surface area (Å²) in [4.78, 5) is 0. The van der Waals surface area contributed by atoms with Crippen molar-refractivity contribution in [2.75, 3.05) is 5.09 Å². The molecule has 0 aromatic heterocycles. The van der Waals surface area contributed by atoms with Gasteiger partial charge in [-0.05, 0) is 29.3 Å². The van der Waals surface area contributed by atoms with Crippen molar-refractivity contribution >= 4 is 69.4 Å². The van der Waals surface area contributed by atoms with Crippen LogP contribution in [0, 0.1) is 0 Å². The molecule has 1 atom stereocenters. The molecule has 0 bridgehead atoms. The van der Waals surface area contributed by atoms with Gasteiger partial charge < -0.3 is 5.09 Å². The Hall–Kier alpha value is -1.67. The fraction of sp³-hybridized carbons (Fsp3) is 0. The molecule has 0 fully saturated rings. The quantitative estimate of drug-likeness (QED) is 0.355. The van der Waals surface area contributed by atoms with Gasteiger partial charge in [-0.1, -0.05) is 107 Å². The smallest absolute Gasteiger partial charge is 0.216 e. The van der Waals surface area contributed by atoms with Crippen LogP contribution in [0.3, 0.4) is 0 Å². The van der Waals surface area contributed by atoms with Gasteiger partial charge in [0.05, 0.1) is 20.8 Å². The van der Waals surface area contributed by atoms with E-state index in [1.54, 1.807) is 18.2 Å². The summed E-state index contributed by atoms with van der Waals surface area (Å²) in [6.07, 6.45) is 0. The molecule has 7 heteroatoms. The van der Waals surface area contributed by atoms with Gasteiger partial charge in [-0.3, -0.25) is 4.57 Å². The minimum Gasteiger partial charge on any atom is -0.329 e. The summed E-state index contributed by atoms with van der Waals surface area (Å²) in [6.45, 7) is 0. The minimum atomic E-state index is -3.41. The zero-order valence-corrected chi connectivity index (χ0v) is 18.9. The molecule has 0 aliphatic heterocycles. The van der Waals surface area contributed by atoms with Crippen LogP contribution in [-0.4, -0.2) is 0 Å². The monoisotopic (exact) mass is 481 g/mol. The molecule has 0 saturated heterocycles. The second-order valence-electron chi connectivity index (χ2n) is 6.13. The molecule has 0 amide bonds. The molecule has 29 heavy (non-hydrogen) atoms. The number of hydrogen-bond acceptors (Lipinski definition) is 1. The molecule has 0 aliphatic rings. The van der Waals surface area contributed by atoms with Gasteiger partial charge in [0.2, 0.25) is 7.29 Å². The van der Waals surface area contributed by atoms with Crippen LogP contribution in [0.5, 0.6) is 0 Å². The fourth-order valence-electron chi connectivity index (χ4n) is 2.55. The van der Waals surface area contributed by atoms with Crippen molar-refractivity contribution in [2.24, 2.45) is 0 Å². The maximum atomic E-state index is 13.9. The van der Waals surface area contributed by atoms with E-state index in [4.69, 9.17) is 46.4 Å². The summed E-state index contributed by atoms with van der Waals surface area (Å²) in [6, 6.07) is 23.4. The van der Waals surface area contributed by atoms with Crippen LogP contribution in [0.1, 0.15) is 11.1 Å². The summed E-state index contributed by atoms with van der Waals surface area (Å²) >= 11 is 25.3. The first-order chi connectivity index (χ1) is 13.9. The van der Waals surface area contributed by atoms with Gasteiger partial charge in [0.1, 0.15) is 0 Å². The fourth-order valence-corrected chi connectivity index (χ4v) is 5.82. The minimum absolute atomic E-state index is 0.327. The molecule has 0 spiro atoms. The molecule has 3 rings (SSSR count). The normalized spacial score (nSPS) is 14.3. The summed E-state index contributed by atoms with van der Waals surface area (Å²) in [7, 11) is -3.41. The van der Waals surface area contributed by atoms with E-state index in [9.17, 15) is 4.57 Å². The molecule has 0 aliphatic carbocycles. The maximum Gasteiger partial charge on any atom is 0.216 e. The Morgan fingerprint density at radius 1 is 0.759 bits per heavy atom. The van der Waals surface area contributed by atoms with Gasteiger partial charge in [0, 0.05) is 16.7 Å². The van der Waals surface area contributed by atoms with Crippen LogP contribution in [0.15, 0.2) is 90.5 Å². The number of anilines is 1. The van der Waals surface area contributed by atoms with Gasteiger partial charge in [0.25, 0.3) is 0 Å². The molecule has 0 radical (unpaired) electrons. The first-order valence-electron chi connectivity index (χ1n) is 8.57. The first-order valence-corrected chi connectivity index (χ1v) is 11.9. The van der Waals surface area contributed by atoms with E-state index < -0.39 is 7.29 Å². The Bertz CT molecular complexity index is 1040. The van der Waals surface area contributed by atoms with Crippen molar-refractivity contribution in [2.45, 2.75) is 0 Å². The number of benzene rings is 3. The van der Waals surface area contributed by atoms with E-state index >= 15 is 0 Å². The number of halogens is 4. The average Bonchev–Trinajstić information content (AvgIpc) is 2.72. The van der Waals surface area contributed by atoms with Gasteiger partial charge in [-0.15, -0.1) is 0 Å². The summed E-state index contributed by atoms with van der Waals surface area (Å²) in [5.41, 5.74) is 1.89. The highest BCUT2D eigenvalue weighted by atomic mass is 35.5. The Kier molecular flexibility index (Phi) is 7.51. The van der Waals surface area contributed by atoms with Gasteiger partial charge in [0.15, 0.2) is 0 Å². The average molecular weight is 483 g/mol. The van der Waals surface area contributed by atoms with E-state index in [1.807, 2.05) is 60.7 Å². The molecular weight excluding hydrogens is 467 g/mol. The zero-order valence-electron chi connectivity index (χ0n) is 15.0. The standard InChI is InChI=1S/C22H16Cl4NOP/c23-18-11-12-19(24)22(13-18)27-29(28,14-20(25)16-7-3-1-4-8-16)15-21(26)17-9-5-2-6-10-17/h1-15H,(H,27,28)/b20-14-,21-15+. The lowest BCUT2D eigenvalue weighted by atomic mass is 10.2. The van der Waals surface area contributed by atoms with Gasteiger partial charge >= 0.3 is 0 Å². The second-order valence-corrected chi connectivity index (χ2v) is 9.95. The van der Waals surface area contributed by atoms with Crippen molar-refractivity contribution < 1.29 is 4.57 Å². The largest absolute Gasteiger partial charge is 0.329 e. The van der Waals surface area contributed by atoms with Crippen molar-refractivity contribution in [1.82, 2.24) is 0 Å². The lowest BCUT2D eigenvalue weighted by molar-refractivity contribution is 0.589. The number of rotatable bonds is 6. The molecule has 2 nitrogen and oxygen atoms in total. The lowest BCUT2D eigenvalue weighted by Gasteiger charge is -2.17. The van der Waals surface area contributed by atoms with Crippen LogP contribution < -0.4 is 5.09 Å². The SMILES string of the molecule is O=P(/C=C(\Cl)c1ccccc1)(/C=C(/Cl)c1ccccc1)Nc1cc(Cl)ccc1Cl. The summed E-state index contributed by atoms with van der Waals surface area (Å²) in [5.74, 6) is 2.93. The van der Waals surface area contributed by atoms with E-state index in [1.165, 1.54) is 11.6 Å². The zero-order chi connectivity index (χ0) is 20.9. The van der Waals surface area contributed by atoms with Crippen LogP contribution >= 0.6 is 53.7 Å². The molecule has 3 aromatic carbocycles. The third-order valence-electron chi connectivity index (χ3n) is 3.93. The second kappa shape index (κ2) is 9.89. The molecule has 0 saturated carbocycles. The van der Waals surface area contributed by atoms with E-state index in [0.29, 0.717) is 25.8 Å². The Morgan fingerprint density at radius 2 is 1.24 bits per heavy atom. The van der Waals surface area contributed by atoms with Crippen molar-refractivity contribution in [3.63, 3.8) is 0 Å². The van der Waals surface area contributed by atoms with E-state index in [-0.39, 0.29) is 0 Å². The Morgan fingerprint density at radius 3 is 1.72 bits per heavy atom. The highest BCUT2D eigenvalue weighted by Crippen LogP contribution is 2.54. The van der Waals surface area contributed by atoms with E-state index in [0.717, 1.165) is 11.1 Å². The van der Waals surface area contributed by atoms with Gasteiger partial charge in [-0.25, -0.2) is 0 Å². The van der Waals surface area contributed by atoms with Crippen LogP contribution in [0.25, 0.3) is 10.1 Å². The lowest BCUT2D eigenvalue weighted by Crippen LogP contribution is -1.95. The topological polar surface area (TPSA) is 29.1 Å². The van der Waals surface area contributed by atoms with Crippen LogP contribution in [0.2, 0.25) is 10.0 Å². The van der Waals surface area contributed by atoms with Crippen molar-refractivity contribution in [3.05, 3.63) is 112 Å². The predicted molar refractivity (Wildman–Crippen MR) is 128 cm³/mol. The molecule has 1 N–H and O–H groups in total. The molecule has 148 valence electrons. The van der Waals surface area contributed by atoms with Crippen molar-refractivity contribution in [3.8, 4) is 0 Å². The Labute approximate surface area is 190 Å². The van der Waals surface area contributed by atoms with Gasteiger partial charge in [-0.2, -0.15) is 0 Å². The number of hydrogen-bond donors (Lipinski definition) is 1. The predicted octanol–water partition coefficient (Wildman–Crippen LogP) is 9.16. The summed E-state index contributed by atoms with van der Waals surface area (Å²) < 4.78 is 13.9. The highest BCUT2D eigenvalue weighted by molar-refractivity contribution is 7.72. The summed E-state index contributed by atoms with van der Waals surface area (Å²) in [5, 5.41) is 4.47. The third kappa shape index (κ3) is 6.15. The van der Waals surface area contributed by atoms with Crippen molar-refractivity contribution in [1.29, 1.82) is 0 Å². The molecule has 3 aromatic rings. The number of nitrogens with one attached hydrogen (secondary N) is 1. The molecular formula is C22H16Cl4NOP.